The molecule has 0 radical (unpaired) electrons. The number of carbonyl (C=O) groups is 1. The summed E-state index contributed by atoms with van der Waals surface area (Å²) >= 11 is 5.88. The second kappa shape index (κ2) is 3.54. The second-order valence-electron chi connectivity index (χ2n) is 3.40. The number of hydrogen-bond acceptors (Lipinski definition) is 2. The summed E-state index contributed by atoms with van der Waals surface area (Å²) < 4.78 is 5.54. The molecular formula is C10H11ClO2. The zero-order valence-corrected chi connectivity index (χ0v) is 7.91. The van der Waals surface area contributed by atoms with Crippen LogP contribution in [0.3, 0.4) is 0 Å². The highest BCUT2D eigenvalue weighted by Crippen LogP contribution is 2.29. The van der Waals surface area contributed by atoms with Crippen molar-refractivity contribution in [2.45, 2.75) is 24.3 Å². The van der Waals surface area contributed by atoms with Crippen molar-refractivity contribution < 1.29 is 9.53 Å². The Balaban J connectivity index is 2.01. The van der Waals surface area contributed by atoms with Crippen molar-refractivity contribution in [3.05, 3.63) is 24.0 Å². The fourth-order valence-corrected chi connectivity index (χ4v) is 1.43. The molecule has 2 nitrogen and oxygen atoms in total. The summed E-state index contributed by atoms with van der Waals surface area (Å²) in [7, 11) is 0. The van der Waals surface area contributed by atoms with Gasteiger partial charge in [-0.1, -0.05) is 6.08 Å². The minimum absolute atomic E-state index is 0.218. The van der Waals surface area contributed by atoms with Crippen molar-refractivity contribution in [1.82, 2.24) is 0 Å². The number of alkyl halides is 1. The smallest absolute Gasteiger partial charge is 0.128 e. The molecule has 0 saturated heterocycles. The van der Waals surface area contributed by atoms with E-state index in [-0.39, 0.29) is 11.3 Å². The number of hydrogen-bond donors (Lipinski definition) is 0. The average molecular weight is 199 g/mol. The maximum absolute atomic E-state index is 10.6. The van der Waals surface area contributed by atoms with Crippen LogP contribution in [-0.4, -0.2) is 17.8 Å². The summed E-state index contributed by atoms with van der Waals surface area (Å²) in [5, 5.41) is -0.218. The Morgan fingerprint density at radius 3 is 2.92 bits per heavy atom. The van der Waals surface area contributed by atoms with E-state index >= 15 is 0 Å². The Morgan fingerprint density at radius 1 is 1.54 bits per heavy atom. The van der Waals surface area contributed by atoms with Crippen LogP contribution in [0.25, 0.3) is 0 Å². The van der Waals surface area contributed by atoms with Gasteiger partial charge in [0.05, 0.1) is 17.4 Å². The molecule has 0 aromatic heterocycles. The lowest BCUT2D eigenvalue weighted by molar-refractivity contribution is -0.109. The standard InChI is InChI=1S/C10H11ClO2/c11-10-4-3-9(5-7(10)6-12)13-8-1-2-8/h3-8,10H,1-2H2. The summed E-state index contributed by atoms with van der Waals surface area (Å²) in [5.41, 5.74) is 0. The zero-order chi connectivity index (χ0) is 9.26. The van der Waals surface area contributed by atoms with Crippen LogP contribution < -0.4 is 0 Å². The summed E-state index contributed by atoms with van der Waals surface area (Å²) in [4.78, 5) is 10.6. The maximum atomic E-state index is 10.6. The van der Waals surface area contributed by atoms with E-state index in [1.165, 1.54) is 0 Å². The van der Waals surface area contributed by atoms with Gasteiger partial charge in [0.2, 0.25) is 0 Å². The molecule has 2 aliphatic carbocycles. The third kappa shape index (κ3) is 2.13. The van der Waals surface area contributed by atoms with Gasteiger partial charge in [0.25, 0.3) is 0 Å². The topological polar surface area (TPSA) is 26.3 Å². The van der Waals surface area contributed by atoms with Gasteiger partial charge in [-0.3, -0.25) is 0 Å². The number of allylic oxidation sites excluding steroid dienone is 3. The molecule has 0 aromatic carbocycles. The highest BCUT2D eigenvalue weighted by atomic mass is 35.5. The molecule has 1 fully saturated rings. The number of ether oxygens (including phenoxy) is 1. The lowest BCUT2D eigenvalue weighted by Gasteiger charge is -2.16. The third-order valence-corrected chi connectivity index (χ3v) is 2.59. The monoisotopic (exact) mass is 198 g/mol. The van der Waals surface area contributed by atoms with Gasteiger partial charge in [0.15, 0.2) is 0 Å². The van der Waals surface area contributed by atoms with E-state index < -0.39 is 0 Å². The summed E-state index contributed by atoms with van der Waals surface area (Å²) in [6, 6.07) is 0. The van der Waals surface area contributed by atoms with E-state index in [1.807, 2.05) is 6.08 Å². The molecule has 0 amide bonds. The first-order valence-electron chi connectivity index (χ1n) is 4.45. The van der Waals surface area contributed by atoms with Crippen LogP contribution in [0.15, 0.2) is 24.0 Å². The van der Waals surface area contributed by atoms with Crippen LogP contribution in [0.2, 0.25) is 0 Å². The SMILES string of the molecule is O=CC1C=C(OC2CC2)C=CC1Cl. The van der Waals surface area contributed by atoms with Gasteiger partial charge in [-0.05, 0) is 25.0 Å². The zero-order valence-electron chi connectivity index (χ0n) is 7.15. The highest BCUT2D eigenvalue weighted by molar-refractivity contribution is 6.23. The summed E-state index contributed by atoms with van der Waals surface area (Å²) in [6.07, 6.45) is 8.92. The largest absolute Gasteiger partial charge is 0.491 e. The van der Waals surface area contributed by atoms with Crippen LogP contribution in [0.1, 0.15) is 12.8 Å². The Bertz CT molecular complexity index is 266. The quantitative estimate of drug-likeness (QED) is 0.513. The van der Waals surface area contributed by atoms with Gasteiger partial charge >= 0.3 is 0 Å². The van der Waals surface area contributed by atoms with E-state index in [2.05, 4.69) is 0 Å². The first kappa shape index (κ1) is 8.82. The van der Waals surface area contributed by atoms with Crippen molar-refractivity contribution in [3.8, 4) is 0 Å². The molecule has 0 aliphatic heterocycles. The van der Waals surface area contributed by atoms with E-state index in [4.69, 9.17) is 16.3 Å². The average Bonchev–Trinajstić information content (AvgIpc) is 2.92. The van der Waals surface area contributed by atoms with Gasteiger partial charge in [-0.15, -0.1) is 11.6 Å². The van der Waals surface area contributed by atoms with E-state index in [0.717, 1.165) is 24.9 Å². The van der Waals surface area contributed by atoms with Crippen LogP contribution in [0, 0.1) is 5.92 Å². The van der Waals surface area contributed by atoms with Gasteiger partial charge in [-0.25, -0.2) is 0 Å². The maximum Gasteiger partial charge on any atom is 0.128 e. The minimum atomic E-state index is -0.236. The molecule has 0 aromatic rings. The number of rotatable bonds is 3. The highest BCUT2D eigenvalue weighted by Gasteiger charge is 2.26. The molecule has 13 heavy (non-hydrogen) atoms. The normalized spacial score (nSPS) is 32.5. The lowest BCUT2D eigenvalue weighted by Crippen LogP contribution is -2.16. The van der Waals surface area contributed by atoms with E-state index in [9.17, 15) is 4.79 Å². The lowest BCUT2D eigenvalue weighted by atomic mass is 10.0. The molecular weight excluding hydrogens is 188 g/mol. The molecule has 0 bridgehead atoms. The fourth-order valence-electron chi connectivity index (χ4n) is 1.22. The van der Waals surface area contributed by atoms with Crippen molar-refractivity contribution in [2.24, 2.45) is 5.92 Å². The fraction of sp³-hybridized carbons (Fsp3) is 0.500. The Kier molecular flexibility index (Phi) is 2.40. The van der Waals surface area contributed by atoms with Gasteiger partial charge in [0, 0.05) is 0 Å². The molecule has 0 heterocycles. The molecule has 2 rings (SSSR count). The van der Waals surface area contributed by atoms with E-state index in [1.54, 1.807) is 12.2 Å². The van der Waals surface area contributed by atoms with Gasteiger partial charge < -0.3 is 9.53 Å². The van der Waals surface area contributed by atoms with Crippen molar-refractivity contribution in [1.29, 1.82) is 0 Å². The van der Waals surface area contributed by atoms with Gasteiger partial charge in [-0.2, -0.15) is 0 Å². The first-order valence-corrected chi connectivity index (χ1v) is 4.89. The Morgan fingerprint density at radius 2 is 2.31 bits per heavy atom. The van der Waals surface area contributed by atoms with Crippen molar-refractivity contribution >= 4 is 17.9 Å². The predicted molar refractivity (Wildman–Crippen MR) is 50.5 cm³/mol. The molecule has 0 spiro atoms. The van der Waals surface area contributed by atoms with Crippen molar-refractivity contribution in [3.63, 3.8) is 0 Å². The number of halogens is 1. The summed E-state index contributed by atoms with van der Waals surface area (Å²) in [6.45, 7) is 0. The van der Waals surface area contributed by atoms with Crippen molar-refractivity contribution in [2.75, 3.05) is 0 Å². The van der Waals surface area contributed by atoms with Crippen LogP contribution in [0.4, 0.5) is 0 Å². The Hall–Kier alpha value is -0.760. The molecule has 2 atom stereocenters. The number of aldehydes is 1. The predicted octanol–water partition coefficient (Wildman–Crippen LogP) is 2.04. The molecule has 1 saturated carbocycles. The minimum Gasteiger partial charge on any atom is -0.491 e. The number of carbonyl (C=O) groups excluding carboxylic acids is 1. The van der Waals surface area contributed by atoms with Crippen LogP contribution >= 0.6 is 11.6 Å². The third-order valence-electron chi connectivity index (χ3n) is 2.15. The first-order chi connectivity index (χ1) is 6.29. The molecule has 2 unspecified atom stereocenters. The van der Waals surface area contributed by atoms with Gasteiger partial charge in [0.1, 0.15) is 12.0 Å². The van der Waals surface area contributed by atoms with Crippen LogP contribution in [-0.2, 0) is 9.53 Å². The molecule has 0 N–H and O–H groups in total. The Labute approximate surface area is 82.2 Å². The molecule has 70 valence electrons. The summed E-state index contributed by atoms with van der Waals surface area (Å²) in [5.74, 6) is 0.553. The second-order valence-corrected chi connectivity index (χ2v) is 3.91. The van der Waals surface area contributed by atoms with Crippen LogP contribution in [0.5, 0.6) is 0 Å². The van der Waals surface area contributed by atoms with E-state index in [0.29, 0.717) is 6.10 Å². The molecule has 2 aliphatic rings. The molecule has 3 heteroatoms.